The Morgan fingerprint density at radius 3 is 2.37 bits per heavy atom. The van der Waals surface area contributed by atoms with Gasteiger partial charge in [0.2, 0.25) is 0 Å². The smallest absolute Gasteiger partial charge is 0.142 e. The molecule has 0 aliphatic carbocycles. The highest BCUT2D eigenvalue weighted by molar-refractivity contribution is 7.78. The van der Waals surface area contributed by atoms with Crippen molar-refractivity contribution in [2.45, 2.75) is 83.5 Å². The minimum absolute atomic E-state index is 0.678. The number of carbonyl (C=O) groups excluding carboxylic acids is 1. The average molecular weight is 398 g/mol. The maximum absolute atomic E-state index is 10.4. The number of thiol groups is 1. The van der Waals surface area contributed by atoms with Crippen molar-refractivity contribution in [2.75, 3.05) is 20.1 Å². The standard InChI is InChI=1S/C20H39N5OS/c1-24-22-20(25(23-24)18-14-10-11-15-19-26)16-12-8-6-4-2-3-5-7-9-13-17-21-27/h3,5,19,21,23,27H,2,4,6-18H2,1H3/b5-3-. The van der Waals surface area contributed by atoms with Crippen LogP contribution in [0.25, 0.3) is 0 Å². The van der Waals surface area contributed by atoms with Crippen molar-refractivity contribution in [1.82, 2.24) is 20.4 Å². The molecule has 156 valence electrons. The molecule has 0 unspecified atom stereocenters. The molecule has 0 aromatic heterocycles. The quantitative estimate of drug-likeness (QED) is 0.140. The Bertz CT molecular complexity index is 431. The van der Waals surface area contributed by atoms with Gasteiger partial charge in [-0.2, -0.15) is 0 Å². The van der Waals surface area contributed by atoms with Crippen LogP contribution in [0.1, 0.15) is 83.5 Å². The van der Waals surface area contributed by atoms with Gasteiger partial charge >= 0.3 is 0 Å². The molecule has 0 spiro atoms. The Hall–Kier alpha value is -1.05. The number of hydrazine groups is 2. The number of carbonyl (C=O) groups is 1. The highest BCUT2D eigenvalue weighted by Gasteiger charge is 2.18. The molecule has 0 radical (unpaired) electrons. The van der Waals surface area contributed by atoms with Gasteiger partial charge in [0.1, 0.15) is 12.1 Å². The summed E-state index contributed by atoms with van der Waals surface area (Å²) in [6.07, 6.45) is 20.4. The third kappa shape index (κ3) is 12.9. The van der Waals surface area contributed by atoms with E-state index in [2.05, 4.69) is 45.3 Å². The Balaban J connectivity index is 2.01. The van der Waals surface area contributed by atoms with Crippen LogP contribution in [0.2, 0.25) is 0 Å². The lowest BCUT2D eigenvalue weighted by atomic mass is 10.1. The second kappa shape index (κ2) is 17.1. The van der Waals surface area contributed by atoms with Crippen molar-refractivity contribution in [3.63, 3.8) is 0 Å². The van der Waals surface area contributed by atoms with E-state index in [4.69, 9.17) is 0 Å². The molecule has 0 fully saturated rings. The van der Waals surface area contributed by atoms with Gasteiger partial charge < -0.3 is 4.79 Å². The number of hydrogen-bond donors (Lipinski definition) is 3. The van der Waals surface area contributed by atoms with Gasteiger partial charge in [0.25, 0.3) is 0 Å². The number of hydrazone groups is 1. The van der Waals surface area contributed by atoms with Crippen LogP contribution in [0.4, 0.5) is 0 Å². The monoisotopic (exact) mass is 397 g/mol. The first-order chi connectivity index (χ1) is 13.3. The van der Waals surface area contributed by atoms with Gasteiger partial charge in [0.05, 0.1) is 0 Å². The van der Waals surface area contributed by atoms with Crippen molar-refractivity contribution >= 4 is 24.9 Å². The van der Waals surface area contributed by atoms with E-state index in [9.17, 15) is 4.79 Å². The van der Waals surface area contributed by atoms with Crippen LogP contribution in [0.3, 0.4) is 0 Å². The normalized spacial score (nSPS) is 14.4. The molecule has 0 aromatic rings. The number of nitrogens with zero attached hydrogens (tertiary/aromatic N) is 3. The lowest BCUT2D eigenvalue weighted by Gasteiger charge is -2.20. The number of hydrogen-bond acceptors (Lipinski definition) is 7. The molecule has 7 heteroatoms. The van der Waals surface area contributed by atoms with Crippen molar-refractivity contribution < 1.29 is 4.79 Å². The molecular weight excluding hydrogens is 358 g/mol. The van der Waals surface area contributed by atoms with Crippen molar-refractivity contribution in [1.29, 1.82) is 0 Å². The molecule has 1 heterocycles. The predicted molar refractivity (Wildman–Crippen MR) is 117 cm³/mol. The van der Waals surface area contributed by atoms with Crippen LogP contribution < -0.4 is 10.3 Å². The van der Waals surface area contributed by atoms with Crippen LogP contribution in [0.15, 0.2) is 17.3 Å². The summed E-state index contributed by atoms with van der Waals surface area (Å²) in [5.41, 5.74) is 3.26. The number of allylic oxidation sites excluding steroid dienone is 2. The molecule has 27 heavy (non-hydrogen) atoms. The largest absolute Gasteiger partial charge is 0.303 e. The highest BCUT2D eigenvalue weighted by Crippen LogP contribution is 2.12. The molecule has 1 rings (SSSR count). The lowest BCUT2D eigenvalue weighted by molar-refractivity contribution is -0.107. The van der Waals surface area contributed by atoms with E-state index in [1.165, 1.54) is 51.4 Å². The first-order valence-corrected chi connectivity index (χ1v) is 11.0. The van der Waals surface area contributed by atoms with Crippen LogP contribution in [-0.2, 0) is 4.79 Å². The predicted octanol–water partition coefficient (Wildman–Crippen LogP) is 4.23. The zero-order valence-corrected chi connectivity index (χ0v) is 17.9. The molecule has 1 aliphatic rings. The van der Waals surface area contributed by atoms with E-state index in [1.54, 1.807) is 5.12 Å². The SMILES string of the molecule is CN1N=C(CCCCCC/C=C\CCCCNS)N(CCCCCC=O)N1. The van der Waals surface area contributed by atoms with Gasteiger partial charge in [0.15, 0.2) is 0 Å². The number of nitrogens with one attached hydrogen (secondary N) is 2. The van der Waals surface area contributed by atoms with Crippen LogP contribution in [0, 0.1) is 0 Å². The maximum atomic E-state index is 10.4. The average Bonchev–Trinajstić information content (AvgIpc) is 3.02. The Kier molecular flexibility index (Phi) is 15.2. The van der Waals surface area contributed by atoms with Crippen LogP contribution in [0.5, 0.6) is 0 Å². The molecule has 0 atom stereocenters. The van der Waals surface area contributed by atoms with E-state index in [0.29, 0.717) is 6.42 Å². The molecule has 0 saturated carbocycles. The summed E-state index contributed by atoms with van der Waals surface area (Å²) in [4.78, 5) is 10.4. The highest BCUT2D eigenvalue weighted by atomic mass is 32.1. The second-order valence-corrected chi connectivity index (χ2v) is 7.45. The van der Waals surface area contributed by atoms with Crippen molar-refractivity contribution in [3.8, 4) is 0 Å². The maximum Gasteiger partial charge on any atom is 0.142 e. The summed E-state index contributed by atoms with van der Waals surface area (Å²) in [7, 11) is 1.94. The number of aldehydes is 1. The number of unbranched alkanes of at least 4 members (excludes halogenated alkanes) is 9. The second-order valence-electron chi connectivity index (χ2n) is 7.14. The Labute approximate surface area is 171 Å². The summed E-state index contributed by atoms with van der Waals surface area (Å²) >= 11 is 3.99. The zero-order chi connectivity index (χ0) is 19.6. The van der Waals surface area contributed by atoms with Crippen LogP contribution in [-0.4, -0.2) is 42.4 Å². The van der Waals surface area contributed by atoms with E-state index >= 15 is 0 Å². The zero-order valence-electron chi connectivity index (χ0n) is 17.0. The molecule has 0 bridgehead atoms. The fraction of sp³-hybridized carbons (Fsp3) is 0.800. The van der Waals surface area contributed by atoms with E-state index < -0.39 is 0 Å². The van der Waals surface area contributed by atoms with Crippen molar-refractivity contribution in [3.05, 3.63) is 12.2 Å². The first-order valence-electron chi connectivity index (χ1n) is 10.6. The van der Waals surface area contributed by atoms with Gasteiger partial charge in [-0.05, 0) is 51.4 Å². The van der Waals surface area contributed by atoms with Gasteiger partial charge in [-0.15, -0.1) is 10.6 Å². The third-order valence-electron chi connectivity index (χ3n) is 4.64. The molecule has 1 aliphatic heterocycles. The van der Waals surface area contributed by atoms with Crippen LogP contribution >= 0.6 is 12.8 Å². The van der Waals surface area contributed by atoms with Gasteiger partial charge in [-0.25, -0.2) is 5.12 Å². The summed E-state index contributed by atoms with van der Waals surface area (Å²) in [5, 5.41) is 8.51. The summed E-state index contributed by atoms with van der Waals surface area (Å²) in [6, 6.07) is 0. The Morgan fingerprint density at radius 1 is 0.963 bits per heavy atom. The molecule has 6 nitrogen and oxygen atoms in total. The van der Waals surface area contributed by atoms with E-state index in [1.807, 2.05) is 7.05 Å². The summed E-state index contributed by atoms with van der Waals surface area (Å²) < 4.78 is 2.88. The van der Waals surface area contributed by atoms with Gasteiger partial charge in [0, 0.05) is 33.0 Å². The summed E-state index contributed by atoms with van der Waals surface area (Å²) in [5.74, 6) is 1.14. The number of rotatable bonds is 18. The molecule has 0 amide bonds. The fourth-order valence-electron chi connectivity index (χ4n) is 3.12. The topological polar surface area (TPSA) is 60.0 Å². The fourth-order valence-corrected chi connectivity index (χ4v) is 3.28. The van der Waals surface area contributed by atoms with Gasteiger partial charge in [-0.3, -0.25) is 9.73 Å². The third-order valence-corrected chi connectivity index (χ3v) is 4.87. The summed E-state index contributed by atoms with van der Waals surface area (Å²) in [6.45, 7) is 1.95. The van der Waals surface area contributed by atoms with Gasteiger partial charge in [-0.1, -0.05) is 44.2 Å². The van der Waals surface area contributed by atoms with Crippen molar-refractivity contribution in [2.24, 2.45) is 5.10 Å². The lowest BCUT2D eigenvalue weighted by Crippen LogP contribution is -2.42. The molecule has 0 saturated heterocycles. The minimum Gasteiger partial charge on any atom is -0.303 e. The number of amidine groups is 1. The minimum atomic E-state index is 0.678. The molecule has 2 N–H and O–H groups in total. The molecule has 0 aromatic carbocycles. The van der Waals surface area contributed by atoms with E-state index in [-0.39, 0.29) is 0 Å². The first kappa shape index (κ1) is 24.0. The Morgan fingerprint density at radius 2 is 1.63 bits per heavy atom. The van der Waals surface area contributed by atoms with E-state index in [0.717, 1.165) is 50.9 Å². The molecular formula is C20H39N5OS.